The largest absolute Gasteiger partial charge is 0.461 e. The van der Waals surface area contributed by atoms with Crippen molar-refractivity contribution in [1.82, 2.24) is 4.90 Å². The van der Waals surface area contributed by atoms with Crippen molar-refractivity contribution in [3.63, 3.8) is 0 Å². The average molecular weight is 374 g/mol. The molecule has 0 aliphatic rings. The fourth-order valence-electron chi connectivity index (χ4n) is 2.94. The van der Waals surface area contributed by atoms with Crippen molar-refractivity contribution in [1.29, 1.82) is 0 Å². The molecule has 26 heavy (non-hydrogen) atoms. The van der Waals surface area contributed by atoms with E-state index in [1.807, 2.05) is 49.4 Å². The van der Waals surface area contributed by atoms with Crippen molar-refractivity contribution in [2.45, 2.75) is 26.7 Å². The number of nitrogens with zero attached hydrogens (tertiary/aromatic N) is 1. The monoisotopic (exact) mass is 373 g/mol. The maximum Gasteiger partial charge on any atom is 0.354 e. The molecule has 0 aromatic heterocycles. The van der Waals surface area contributed by atoms with Gasteiger partial charge in [0.1, 0.15) is 5.70 Å². The molecule has 0 N–H and O–H groups in total. The number of carbonyl (C=O) groups excluding carboxylic acids is 1. The second kappa shape index (κ2) is 11.4. The average Bonchev–Trinajstić information content (AvgIpc) is 2.66. The number of ether oxygens (including phenoxy) is 1. The second-order valence-corrected chi connectivity index (χ2v) is 5.74. The smallest absolute Gasteiger partial charge is 0.354 e. The van der Waals surface area contributed by atoms with Crippen LogP contribution in [0.1, 0.15) is 37.8 Å². The van der Waals surface area contributed by atoms with Crippen LogP contribution in [0, 0.1) is 0 Å². The van der Waals surface area contributed by atoms with Gasteiger partial charge in [-0.1, -0.05) is 60.7 Å². The minimum Gasteiger partial charge on any atom is -0.461 e. The van der Waals surface area contributed by atoms with Gasteiger partial charge in [0.2, 0.25) is 0 Å². The summed E-state index contributed by atoms with van der Waals surface area (Å²) in [5, 5.41) is 0. The van der Waals surface area contributed by atoms with Crippen LogP contribution in [0.4, 0.5) is 0 Å². The molecule has 0 saturated carbocycles. The molecule has 2 aromatic rings. The number of carbonyl (C=O) groups is 1. The summed E-state index contributed by atoms with van der Waals surface area (Å²) in [6.07, 6.45) is 2.04. The third-order valence-corrected chi connectivity index (χ3v) is 4.23. The topological polar surface area (TPSA) is 29.5 Å². The van der Waals surface area contributed by atoms with E-state index in [4.69, 9.17) is 4.74 Å². The lowest BCUT2D eigenvalue weighted by Crippen LogP contribution is -2.29. The van der Waals surface area contributed by atoms with Crippen LogP contribution in [0.5, 0.6) is 0 Å². The molecule has 0 fully saturated rings. The lowest BCUT2D eigenvalue weighted by Gasteiger charge is -2.25. The summed E-state index contributed by atoms with van der Waals surface area (Å²) in [4.78, 5) is 14.6. The molecular weight excluding hydrogens is 346 g/mol. The van der Waals surface area contributed by atoms with E-state index in [-0.39, 0.29) is 24.3 Å². The number of allylic oxidation sites excluding steroid dienone is 1. The maximum atomic E-state index is 12.6. The minimum absolute atomic E-state index is 0. The Hall–Kier alpha value is -2.26. The molecule has 0 bridgehead atoms. The maximum absolute atomic E-state index is 12.6. The molecule has 0 unspecified atom stereocenters. The molecule has 0 radical (unpaired) electrons. The van der Waals surface area contributed by atoms with Gasteiger partial charge in [0, 0.05) is 19.0 Å². The second-order valence-electron chi connectivity index (χ2n) is 5.74. The van der Waals surface area contributed by atoms with Gasteiger partial charge in [0.05, 0.1) is 6.61 Å². The van der Waals surface area contributed by atoms with Crippen LogP contribution in [0.2, 0.25) is 0 Å². The highest BCUT2D eigenvalue weighted by atomic mass is 35.5. The van der Waals surface area contributed by atoms with E-state index in [0.717, 1.165) is 24.2 Å². The van der Waals surface area contributed by atoms with Crippen molar-refractivity contribution in [2.75, 3.05) is 19.7 Å². The predicted octanol–water partition coefficient (Wildman–Crippen LogP) is 5.03. The van der Waals surface area contributed by atoms with Crippen LogP contribution in [-0.2, 0) is 9.53 Å². The number of hydrogen-bond acceptors (Lipinski definition) is 3. The normalized spacial score (nSPS) is 11.0. The first-order valence-electron chi connectivity index (χ1n) is 8.95. The highest BCUT2D eigenvalue weighted by molar-refractivity contribution is 5.88. The Labute approximate surface area is 163 Å². The third-order valence-electron chi connectivity index (χ3n) is 4.23. The van der Waals surface area contributed by atoms with E-state index in [2.05, 4.69) is 43.0 Å². The number of esters is 1. The van der Waals surface area contributed by atoms with Crippen LogP contribution in [0.15, 0.2) is 72.4 Å². The number of hydrogen-bond donors (Lipinski definition) is 0. The Morgan fingerprint density at radius 3 is 1.77 bits per heavy atom. The van der Waals surface area contributed by atoms with E-state index in [0.29, 0.717) is 12.3 Å². The first kappa shape index (κ1) is 21.8. The van der Waals surface area contributed by atoms with Crippen molar-refractivity contribution in [2.24, 2.45) is 0 Å². The first-order valence-corrected chi connectivity index (χ1v) is 8.95. The van der Waals surface area contributed by atoms with Gasteiger partial charge in [0.15, 0.2) is 0 Å². The van der Waals surface area contributed by atoms with Gasteiger partial charge >= 0.3 is 5.97 Å². The Kier molecular flexibility index (Phi) is 9.53. The summed E-state index contributed by atoms with van der Waals surface area (Å²) in [7, 11) is 0. The Morgan fingerprint density at radius 2 is 1.38 bits per heavy atom. The molecule has 0 aliphatic heterocycles. The molecule has 3 nitrogen and oxygen atoms in total. The SMILES string of the molecule is CCOC(=O)/C(=C/C(c1ccccc1)c1ccccc1)N(CC)CC.Cl. The molecule has 4 heteroatoms. The zero-order valence-electron chi connectivity index (χ0n) is 15.7. The van der Waals surface area contributed by atoms with Gasteiger partial charge in [-0.3, -0.25) is 0 Å². The zero-order chi connectivity index (χ0) is 18.1. The molecule has 0 aliphatic carbocycles. The number of halogens is 1. The van der Waals surface area contributed by atoms with Gasteiger partial charge in [-0.05, 0) is 38.0 Å². The minimum atomic E-state index is -0.261. The molecule has 140 valence electrons. The first-order chi connectivity index (χ1) is 12.2. The van der Waals surface area contributed by atoms with E-state index in [1.54, 1.807) is 0 Å². The summed E-state index contributed by atoms with van der Waals surface area (Å²) in [5.41, 5.74) is 2.94. The predicted molar refractivity (Wildman–Crippen MR) is 110 cm³/mol. The van der Waals surface area contributed by atoms with E-state index in [1.165, 1.54) is 0 Å². The summed E-state index contributed by atoms with van der Waals surface area (Å²) < 4.78 is 5.31. The summed E-state index contributed by atoms with van der Waals surface area (Å²) >= 11 is 0. The zero-order valence-corrected chi connectivity index (χ0v) is 16.5. The molecule has 0 spiro atoms. The third kappa shape index (κ3) is 5.63. The highest BCUT2D eigenvalue weighted by Gasteiger charge is 2.20. The lowest BCUT2D eigenvalue weighted by molar-refractivity contribution is -0.140. The fourth-order valence-corrected chi connectivity index (χ4v) is 2.94. The molecule has 2 aromatic carbocycles. The van der Waals surface area contributed by atoms with Crippen LogP contribution in [0.3, 0.4) is 0 Å². The number of rotatable bonds is 8. The lowest BCUT2D eigenvalue weighted by atomic mass is 9.90. The fraction of sp³-hybridized carbons (Fsp3) is 0.318. The van der Waals surface area contributed by atoms with Crippen LogP contribution < -0.4 is 0 Å². The molecule has 0 saturated heterocycles. The molecule has 0 atom stereocenters. The Morgan fingerprint density at radius 1 is 0.923 bits per heavy atom. The molecule has 0 amide bonds. The molecular formula is C22H28ClNO2. The summed E-state index contributed by atoms with van der Waals surface area (Å²) in [6, 6.07) is 20.5. The van der Waals surface area contributed by atoms with Gasteiger partial charge in [-0.2, -0.15) is 0 Å². The molecule has 2 rings (SSSR count). The van der Waals surface area contributed by atoms with Crippen LogP contribution in [0.25, 0.3) is 0 Å². The summed E-state index contributed by atoms with van der Waals surface area (Å²) in [5.74, 6) is -0.259. The van der Waals surface area contributed by atoms with Crippen LogP contribution in [-0.4, -0.2) is 30.6 Å². The number of likely N-dealkylation sites (N-methyl/N-ethyl adjacent to an activating group) is 1. The highest BCUT2D eigenvalue weighted by Crippen LogP contribution is 2.28. The van der Waals surface area contributed by atoms with E-state index >= 15 is 0 Å². The Balaban J connectivity index is 0.00000338. The van der Waals surface area contributed by atoms with Gasteiger partial charge in [-0.15, -0.1) is 12.4 Å². The van der Waals surface area contributed by atoms with Crippen molar-refractivity contribution >= 4 is 18.4 Å². The number of benzene rings is 2. The van der Waals surface area contributed by atoms with Crippen molar-refractivity contribution < 1.29 is 9.53 Å². The molecule has 0 heterocycles. The quantitative estimate of drug-likeness (QED) is 0.480. The Bertz CT molecular complexity index is 642. The van der Waals surface area contributed by atoms with E-state index < -0.39 is 0 Å². The summed E-state index contributed by atoms with van der Waals surface area (Å²) in [6.45, 7) is 7.84. The van der Waals surface area contributed by atoms with E-state index in [9.17, 15) is 4.79 Å². The standard InChI is InChI=1S/C22H27NO2.ClH/c1-4-23(5-2)21(22(24)25-6-3)17-20(18-13-9-7-10-14-18)19-15-11-8-12-16-19;/h7-17,20H,4-6H2,1-3H3;1H/b21-17-;. The van der Waals surface area contributed by atoms with Gasteiger partial charge in [-0.25, -0.2) is 4.79 Å². The van der Waals surface area contributed by atoms with Gasteiger partial charge < -0.3 is 9.64 Å². The van der Waals surface area contributed by atoms with Gasteiger partial charge in [0.25, 0.3) is 0 Å². The van der Waals surface area contributed by atoms with Crippen molar-refractivity contribution in [3.05, 3.63) is 83.6 Å². The van der Waals surface area contributed by atoms with Crippen molar-refractivity contribution in [3.8, 4) is 0 Å². The van der Waals surface area contributed by atoms with Crippen LogP contribution >= 0.6 is 12.4 Å².